The van der Waals surface area contributed by atoms with E-state index in [0.717, 1.165) is 22.1 Å². The number of hydrogen-bond acceptors (Lipinski definition) is 3. The van der Waals surface area contributed by atoms with Gasteiger partial charge in [-0.1, -0.05) is 36.4 Å². The number of phenolic OH excluding ortho intramolecular Hbond substituents is 1. The van der Waals surface area contributed by atoms with E-state index in [0.29, 0.717) is 11.1 Å². The molecular weight excluding hydrogens is 276 g/mol. The minimum Gasteiger partial charge on any atom is -0.507 e. The van der Waals surface area contributed by atoms with Gasteiger partial charge in [0, 0.05) is 11.5 Å². The molecule has 0 aliphatic rings. The Morgan fingerprint density at radius 3 is 2.55 bits per heavy atom. The highest BCUT2D eigenvalue weighted by atomic mass is 16.4. The summed E-state index contributed by atoms with van der Waals surface area (Å²) in [4.78, 5) is 11.7. The molecule has 0 aliphatic heterocycles. The first kappa shape index (κ1) is 14.1. The number of allylic oxidation sites excluding steroid dienone is 1. The Morgan fingerprint density at radius 1 is 1.14 bits per heavy atom. The predicted octanol–water partition coefficient (Wildman–Crippen LogP) is 4.26. The van der Waals surface area contributed by atoms with Crippen molar-refractivity contribution in [3.05, 3.63) is 81.7 Å². The third-order valence-corrected chi connectivity index (χ3v) is 3.74. The van der Waals surface area contributed by atoms with E-state index >= 15 is 0 Å². The second-order valence-corrected chi connectivity index (χ2v) is 5.15. The topological polar surface area (TPSA) is 50.4 Å². The predicted molar refractivity (Wildman–Crippen MR) is 88.1 cm³/mol. The van der Waals surface area contributed by atoms with Crippen LogP contribution in [-0.2, 0) is 0 Å². The highest BCUT2D eigenvalue weighted by Gasteiger charge is 2.16. The van der Waals surface area contributed by atoms with Gasteiger partial charge in [-0.3, -0.25) is 0 Å². The zero-order valence-corrected chi connectivity index (χ0v) is 12.5. The fraction of sp³-hybridized carbons (Fsp3) is 0.105. The molecule has 1 heterocycles. The van der Waals surface area contributed by atoms with Gasteiger partial charge in [0.1, 0.15) is 11.3 Å². The van der Waals surface area contributed by atoms with Crippen LogP contribution in [0.25, 0.3) is 16.5 Å². The third kappa shape index (κ3) is 2.31. The zero-order chi connectivity index (χ0) is 15.7. The maximum absolute atomic E-state index is 11.7. The quantitative estimate of drug-likeness (QED) is 0.718. The molecule has 0 aliphatic carbocycles. The molecule has 0 radical (unpaired) electrons. The van der Waals surface area contributed by atoms with Crippen molar-refractivity contribution >= 4 is 16.5 Å². The Bertz CT molecular complexity index is 919. The number of benzene rings is 2. The second kappa shape index (κ2) is 5.53. The van der Waals surface area contributed by atoms with Crippen molar-refractivity contribution in [2.45, 2.75) is 13.8 Å². The van der Waals surface area contributed by atoms with Crippen LogP contribution in [0.5, 0.6) is 5.75 Å². The summed E-state index contributed by atoms with van der Waals surface area (Å²) in [6, 6.07) is 14.6. The molecule has 3 nitrogen and oxygen atoms in total. The van der Waals surface area contributed by atoms with Crippen molar-refractivity contribution in [2.24, 2.45) is 0 Å². The number of aromatic hydroxyl groups is 1. The summed E-state index contributed by atoms with van der Waals surface area (Å²) >= 11 is 0. The molecule has 0 saturated heterocycles. The van der Waals surface area contributed by atoms with Crippen LogP contribution < -0.4 is 5.63 Å². The van der Waals surface area contributed by atoms with Crippen molar-refractivity contribution in [3.63, 3.8) is 0 Å². The minimum atomic E-state index is -0.416. The summed E-state index contributed by atoms with van der Waals surface area (Å²) in [6.07, 6.45) is 1.91. The van der Waals surface area contributed by atoms with E-state index in [1.807, 2.05) is 50.3 Å². The van der Waals surface area contributed by atoms with E-state index in [4.69, 9.17) is 4.42 Å². The normalized spacial score (nSPS) is 11.8. The molecule has 2 aromatic carbocycles. The second-order valence-electron chi connectivity index (χ2n) is 5.15. The summed E-state index contributed by atoms with van der Waals surface area (Å²) in [6.45, 7) is 3.76. The van der Waals surface area contributed by atoms with Gasteiger partial charge in [-0.25, -0.2) is 4.79 Å². The van der Waals surface area contributed by atoms with Crippen LogP contribution >= 0.6 is 0 Å². The number of fused-ring (bicyclic) bond motifs is 1. The minimum absolute atomic E-state index is 0.0956. The lowest BCUT2D eigenvalue weighted by atomic mass is 9.94. The Hall–Kier alpha value is -2.81. The van der Waals surface area contributed by atoms with E-state index in [9.17, 15) is 9.90 Å². The summed E-state index contributed by atoms with van der Waals surface area (Å²) in [5, 5.41) is 11.2. The lowest BCUT2D eigenvalue weighted by Crippen LogP contribution is -2.00. The largest absolute Gasteiger partial charge is 0.507 e. The van der Waals surface area contributed by atoms with Gasteiger partial charge in [0.05, 0.1) is 5.56 Å². The van der Waals surface area contributed by atoms with Gasteiger partial charge in [0.2, 0.25) is 0 Å². The highest BCUT2D eigenvalue weighted by molar-refractivity contribution is 5.97. The molecule has 3 aromatic rings. The van der Waals surface area contributed by atoms with Crippen molar-refractivity contribution in [3.8, 4) is 5.75 Å². The maximum Gasteiger partial charge on any atom is 0.336 e. The molecule has 0 bridgehead atoms. The molecule has 3 heteroatoms. The van der Waals surface area contributed by atoms with Gasteiger partial charge in [-0.2, -0.15) is 0 Å². The van der Waals surface area contributed by atoms with E-state index in [1.54, 1.807) is 12.1 Å². The van der Waals surface area contributed by atoms with Gasteiger partial charge < -0.3 is 9.52 Å². The van der Waals surface area contributed by atoms with Crippen molar-refractivity contribution in [1.29, 1.82) is 0 Å². The Labute approximate surface area is 128 Å². The SMILES string of the molecule is CC=C(c1ccccc1)c1c(O)ccc2c(C)cc(=O)oc12. The average molecular weight is 292 g/mol. The molecule has 0 unspecified atom stereocenters. The molecular formula is C19H16O3. The summed E-state index contributed by atoms with van der Waals surface area (Å²) in [7, 11) is 0. The first-order chi connectivity index (χ1) is 10.6. The van der Waals surface area contributed by atoms with Gasteiger partial charge in [-0.05, 0) is 42.7 Å². The Balaban J connectivity index is 2.39. The number of phenols is 1. The van der Waals surface area contributed by atoms with Gasteiger partial charge >= 0.3 is 5.63 Å². The number of hydrogen-bond donors (Lipinski definition) is 1. The number of rotatable bonds is 2. The molecule has 1 aromatic heterocycles. The van der Waals surface area contributed by atoms with Crippen LogP contribution in [0.2, 0.25) is 0 Å². The lowest BCUT2D eigenvalue weighted by molar-refractivity contribution is 0.471. The molecule has 0 spiro atoms. The molecule has 0 saturated carbocycles. The molecule has 3 rings (SSSR count). The van der Waals surface area contributed by atoms with Crippen molar-refractivity contribution in [2.75, 3.05) is 0 Å². The fourth-order valence-corrected chi connectivity index (χ4v) is 2.71. The van der Waals surface area contributed by atoms with Gasteiger partial charge in [-0.15, -0.1) is 0 Å². The van der Waals surface area contributed by atoms with Gasteiger partial charge in [0.25, 0.3) is 0 Å². The summed E-state index contributed by atoms with van der Waals surface area (Å²) in [5.74, 6) is 0.0956. The Morgan fingerprint density at radius 2 is 1.86 bits per heavy atom. The van der Waals surface area contributed by atoms with Crippen molar-refractivity contribution in [1.82, 2.24) is 0 Å². The standard InChI is InChI=1S/C19H16O3/c1-3-14(13-7-5-4-6-8-13)18-16(20)10-9-15-12(2)11-17(21)22-19(15)18/h3-11,20H,1-2H3. The van der Waals surface area contributed by atoms with E-state index in [2.05, 4.69) is 0 Å². The monoisotopic (exact) mass is 292 g/mol. The Kier molecular flexibility index (Phi) is 3.55. The molecule has 0 atom stereocenters. The van der Waals surface area contributed by atoms with Crippen LogP contribution in [0.1, 0.15) is 23.6 Å². The summed E-state index contributed by atoms with van der Waals surface area (Å²) < 4.78 is 5.40. The van der Waals surface area contributed by atoms with E-state index < -0.39 is 5.63 Å². The van der Waals surface area contributed by atoms with E-state index in [-0.39, 0.29) is 5.75 Å². The van der Waals surface area contributed by atoms with E-state index in [1.165, 1.54) is 6.07 Å². The van der Waals surface area contributed by atoms with Crippen LogP contribution in [0, 0.1) is 6.92 Å². The zero-order valence-electron chi connectivity index (χ0n) is 12.5. The molecule has 0 amide bonds. The molecule has 1 N–H and O–H groups in total. The molecule has 110 valence electrons. The third-order valence-electron chi connectivity index (χ3n) is 3.74. The van der Waals surface area contributed by atoms with Crippen LogP contribution in [0.15, 0.2) is 63.8 Å². The number of aryl methyl sites for hydroxylation is 1. The van der Waals surface area contributed by atoms with Crippen LogP contribution in [0.3, 0.4) is 0 Å². The summed E-state index contributed by atoms with van der Waals surface area (Å²) in [5.41, 5.74) is 3.17. The van der Waals surface area contributed by atoms with Crippen LogP contribution in [-0.4, -0.2) is 5.11 Å². The lowest BCUT2D eigenvalue weighted by Gasteiger charge is -2.13. The average Bonchev–Trinajstić information content (AvgIpc) is 2.51. The highest BCUT2D eigenvalue weighted by Crippen LogP contribution is 2.36. The first-order valence-corrected chi connectivity index (χ1v) is 7.10. The maximum atomic E-state index is 11.7. The molecule has 0 fully saturated rings. The fourth-order valence-electron chi connectivity index (χ4n) is 2.71. The first-order valence-electron chi connectivity index (χ1n) is 7.10. The van der Waals surface area contributed by atoms with Gasteiger partial charge in [0.15, 0.2) is 0 Å². The smallest absolute Gasteiger partial charge is 0.336 e. The molecule has 22 heavy (non-hydrogen) atoms. The van der Waals surface area contributed by atoms with Crippen molar-refractivity contribution < 1.29 is 9.52 Å². The van der Waals surface area contributed by atoms with Crippen LogP contribution in [0.4, 0.5) is 0 Å².